The summed E-state index contributed by atoms with van der Waals surface area (Å²) in [7, 11) is 1.63. The Bertz CT molecular complexity index is 758. The van der Waals surface area contributed by atoms with E-state index in [2.05, 4.69) is 10.6 Å². The van der Waals surface area contributed by atoms with Crippen molar-refractivity contribution in [2.24, 2.45) is 0 Å². The average molecular weight is 340 g/mol. The van der Waals surface area contributed by atoms with Crippen LogP contribution in [0.1, 0.15) is 29.5 Å². The molecule has 0 radical (unpaired) electrons. The number of hydrogen-bond donors (Lipinski definition) is 3. The van der Waals surface area contributed by atoms with E-state index < -0.39 is 5.60 Å². The van der Waals surface area contributed by atoms with Crippen LogP contribution in [0.2, 0.25) is 0 Å². The van der Waals surface area contributed by atoms with E-state index in [0.29, 0.717) is 6.42 Å². The number of rotatable bonds is 4. The van der Waals surface area contributed by atoms with Gasteiger partial charge in [0.05, 0.1) is 13.7 Å². The van der Waals surface area contributed by atoms with E-state index in [1.807, 2.05) is 49.4 Å². The summed E-state index contributed by atoms with van der Waals surface area (Å²) < 4.78 is 5.26. The highest BCUT2D eigenvalue weighted by Gasteiger charge is 2.34. The van der Waals surface area contributed by atoms with Gasteiger partial charge in [-0.1, -0.05) is 23.8 Å². The van der Waals surface area contributed by atoms with Crippen LogP contribution in [0.15, 0.2) is 42.5 Å². The minimum atomic E-state index is -1.05. The molecule has 3 rings (SSSR count). The molecule has 0 bridgehead atoms. The SMILES string of the molecule is COc1ccc2c(c1)CCCC2(O)CNC(=O)Nc1ccc(C)cc1. The van der Waals surface area contributed by atoms with Crippen molar-refractivity contribution in [3.05, 3.63) is 59.2 Å². The highest BCUT2D eigenvalue weighted by atomic mass is 16.5. The second-order valence-corrected chi connectivity index (χ2v) is 6.58. The van der Waals surface area contributed by atoms with E-state index >= 15 is 0 Å². The van der Waals surface area contributed by atoms with Crippen LogP contribution in [0.25, 0.3) is 0 Å². The molecule has 132 valence electrons. The number of urea groups is 1. The number of ether oxygens (including phenoxy) is 1. The fourth-order valence-electron chi connectivity index (χ4n) is 3.29. The Morgan fingerprint density at radius 1 is 1.24 bits per heavy atom. The highest BCUT2D eigenvalue weighted by Crippen LogP contribution is 2.36. The number of fused-ring (bicyclic) bond motifs is 1. The molecule has 25 heavy (non-hydrogen) atoms. The number of aryl methyl sites for hydroxylation is 2. The predicted molar refractivity (Wildman–Crippen MR) is 98.0 cm³/mol. The summed E-state index contributed by atoms with van der Waals surface area (Å²) in [5, 5.41) is 16.6. The summed E-state index contributed by atoms with van der Waals surface area (Å²) in [6, 6.07) is 13.0. The van der Waals surface area contributed by atoms with Gasteiger partial charge in [0.1, 0.15) is 11.4 Å². The first-order chi connectivity index (χ1) is 12.0. The molecule has 2 aromatic rings. The maximum atomic E-state index is 12.1. The number of carbonyl (C=O) groups excluding carboxylic acids is 1. The molecular formula is C20H24N2O3. The fourth-order valence-corrected chi connectivity index (χ4v) is 3.29. The zero-order chi connectivity index (χ0) is 17.9. The summed E-state index contributed by atoms with van der Waals surface area (Å²) in [5.74, 6) is 0.785. The zero-order valence-corrected chi connectivity index (χ0v) is 14.6. The van der Waals surface area contributed by atoms with Gasteiger partial charge >= 0.3 is 6.03 Å². The molecule has 3 N–H and O–H groups in total. The third-order valence-corrected chi connectivity index (χ3v) is 4.70. The molecule has 0 heterocycles. The molecule has 2 amide bonds. The van der Waals surface area contributed by atoms with Gasteiger partial charge in [0.25, 0.3) is 0 Å². The predicted octanol–water partition coefficient (Wildman–Crippen LogP) is 3.35. The highest BCUT2D eigenvalue weighted by molar-refractivity contribution is 5.89. The third kappa shape index (κ3) is 3.94. The van der Waals surface area contributed by atoms with Gasteiger partial charge in [-0.05, 0) is 61.6 Å². The molecule has 0 fully saturated rings. The van der Waals surface area contributed by atoms with Crippen molar-refractivity contribution in [2.75, 3.05) is 19.0 Å². The lowest BCUT2D eigenvalue weighted by Crippen LogP contribution is -2.44. The monoisotopic (exact) mass is 340 g/mol. The molecule has 2 aromatic carbocycles. The number of anilines is 1. The molecular weight excluding hydrogens is 316 g/mol. The van der Waals surface area contributed by atoms with Crippen molar-refractivity contribution in [3.8, 4) is 5.75 Å². The summed E-state index contributed by atoms with van der Waals surface area (Å²) in [6.07, 6.45) is 2.40. The Morgan fingerprint density at radius 2 is 2.00 bits per heavy atom. The van der Waals surface area contributed by atoms with Crippen LogP contribution in [-0.2, 0) is 12.0 Å². The van der Waals surface area contributed by atoms with Gasteiger partial charge in [-0.25, -0.2) is 4.79 Å². The standard InChI is InChI=1S/C20H24N2O3/c1-14-5-7-16(8-6-14)22-19(23)21-13-20(24)11-3-4-15-12-17(25-2)9-10-18(15)20/h5-10,12,24H,3-4,11,13H2,1-2H3,(H2,21,22,23). The van der Waals surface area contributed by atoms with Crippen LogP contribution in [0.4, 0.5) is 10.5 Å². The molecule has 0 saturated carbocycles. The minimum absolute atomic E-state index is 0.171. The van der Waals surface area contributed by atoms with Crippen molar-refractivity contribution < 1.29 is 14.6 Å². The number of carbonyl (C=O) groups is 1. The maximum Gasteiger partial charge on any atom is 0.319 e. The second kappa shape index (κ2) is 7.15. The van der Waals surface area contributed by atoms with Gasteiger partial charge in [0.15, 0.2) is 0 Å². The molecule has 0 saturated heterocycles. The fraction of sp³-hybridized carbons (Fsp3) is 0.350. The van der Waals surface area contributed by atoms with E-state index in [-0.39, 0.29) is 12.6 Å². The van der Waals surface area contributed by atoms with Crippen molar-refractivity contribution in [2.45, 2.75) is 31.8 Å². The van der Waals surface area contributed by atoms with Gasteiger partial charge in [0, 0.05) is 5.69 Å². The van der Waals surface area contributed by atoms with Gasteiger partial charge < -0.3 is 20.5 Å². The molecule has 0 aliphatic heterocycles. The minimum Gasteiger partial charge on any atom is -0.497 e. The van der Waals surface area contributed by atoms with Crippen LogP contribution in [0.5, 0.6) is 5.75 Å². The van der Waals surface area contributed by atoms with Crippen LogP contribution >= 0.6 is 0 Å². The number of amides is 2. The molecule has 1 unspecified atom stereocenters. The lowest BCUT2D eigenvalue weighted by atomic mass is 9.79. The second-order valence-electron chi connectivity index (χ2n) is 6.58. The van der Waals surface area contributed by atoms with Crippen LogP contribution in [0.3, 0.4) is 0 Å². The molecule has 1 atom stereocenters. The topological polar surface area (TPSA) is 70.6 Å². The largest absolute Gasteiger partial charge is 0.497 e. The number of methoxy groups -OCH3 is 1. The Hall–Kier alpha value is -2.53. The van der Waals surface area contributed by atoms with Crippen molar-refractivity contribution >= 4 is 11.7 Å². The number of hydrogen-bond acceptors (Lipinski definition) is 3. The molecule has 1 aliphatic carbocycles. The molecule has 0 aromatic heterocycles. The number of aliphatic hydroxyl groups is 1. The number of nitrogens with one attached hydrogen (secondary N) is 2. The molecule has 5 nitrogen and oxygen atoms in total. The molecule has 1 aliphatic rings. The Morgan fingerprint density at radius 3 is 2.72 bits per heavy atom. The van der Waals surface area contributed by atoms with Crippen molar-refractivity contribution in [1.82, 2.24) is 5.32 Å². The Kier molecular flexibility index (Phi) is 4.95. The van der Waals surface area contributed by atoms with Crippen LogP contribution < -0.4 is 15.4 Å². The van der Waals surface area contributed by atoms with Gasteiger partial charge in [-0.2, -0.15) is 0 Å². The van der Waals surface area contributed by atoms with Crippen molar-refractivity contribution in [3.63, 3.8) is 0 Å². The first-order valence-corrected chi connectivity index (χ1v) is 8.51. The summed E-state index contributed by atoms with van der Waals surface area (Å²) in [5.41, 5.74) is 2.76. The van der Waals surface area contributed by atoms with Gasteiger partial charge in [-0.3, -0.25) is 0 Å². The smallest absolute Gasteiger partial charge is 0.319 e. The molecule has 0 spiro atoms. The van der Waals surface area contributed by atoms with Gasteiger partial charge in [-0.15, -0.1) is 0 Å². The quantitative estimate of drug-likeness (QED) is 0.799. The van der Waals surface area contributed by atoms with Crippen LogP contribution in [-0.4, -0.2) is 24.8 Å². The van der Waals surface area contributed by atoms with Crippen molar-refractivity contribution in [1.29, 1.82) is 0 Å². The summed E-state index contributed by atoms with van der Waals surface area (Å²) in [4.78, 5) is 12.1. The lowest BCUT2D eigenvalue weighted by Gasteiger charge is -2.34. The average Bonchev–Trinajstić information content (AvgIpc) is 2.62. The van der Waals surface area contributed by atoms with E-state index in [1.165, 1.54) is 0 Å². The third-order valence-electron chi connectivity index (χ3n) is 4.70. The summed E-state index contributed by atoms with van der Waals surface area (Å²) in [6.45, 7) is 2.17. The normalized spacial score (nSPS) is 19.0. The Labute approximate surface area is 148 Å². The summed E-state index contributed by atoms with van der Waals surface area (Å²) >= 11 is 0. The van der Waals surface area contributed by atoms with E-state index in [9.17, 15) is 9.90 Å². The lowest BCUT2D eigenvalue weighted by molar-refractivity contribution is 0.0220. The Balaban J connectivity index is 1.66. The first-order valence-electron chi connectivity index (χ1n) is 8.51. The van der Waals surface area contributed by atoms with Gasteiger partial charge in [0.2, 0.25) is 0 Å². The first kappa shape index (κ1) is 17.3. The van der Waals surface area contributed by atoms with E-state index in [1.54, 1.807) is 7.11 Å². The van der Waals surface area contributed by atoms with Crippen LogP contribution in [0, 0.1) is 6.92 Å². The van der Waals surface area contributed by atoms with E-state index in [4.69, 9.17) is 4.74 Å². The number of benzene rings is 2. The maximum absolute atomic E-state index is 12.1. The molecule has 5 heteroatoms. The zero-order valence-electron chi connectivity index (χ0n) is 14.6. The van der Waals surface area contributed by atoms with E-state index in [0.717, 1.165) is 41.0 Å².